The molecule has 3 N–H and O–H groups in total. The second-order valence-corrected chi connectivity index (χ2v) is 33.6. The lowest BCUT2D eigenvalue weighted by Crippen LogP contribution is -2.30. The smallest absolute Gasteiger partial charge is 0.462 e. The minimum atomic E-state index is -4.97. The highest BCUT2D eigenvalue weighted by molar-refractivity contribution is 7.47. The highest BCUT2D eigenvalue weighted by Gasteiger charge is 2.30. The minimum Gasteiger partial charge on any atom is -0.462 e. The van der Waals surface area contributed by atoms with Crippen LogP contribution >= 0.6 is 15.6 Å². The van der Waals surface area contributed by atoms with Gasteiger partial charge in [-0.1, -0.05) is 386 Å². The standard InChI is InChI=1S/C86H164O17P2/c1-6-9-12-15-18-21-24-26-28-29-30-31-32-33-34-36-42-47-52-57-62-67-72-86(91)103-82(76-97-84(89)70-65-60-55-50-45-40-38-37-39-44-48-53-58-63-68-79(4)5)78-101-105(94,95)99-74-80(87)73-98-104(92,93)100-77-81(75-96-83(88)69-64-59-54-49-43-23-20-17-14-11-8-3)102-85(90)71-66-61-56-51-46-41-35-27-25-22-19-16-13-10-7-2/h22,25,27,35,79-82,87H,6-21,23-24,26,28-34,36-78H2,1-5H3,(H,92,93)(H,94,95)/b25-22-,35-27-/t80-,81+,82+/m0/s1. The van der Waals surface area contributed by atoms with E-state index in [2.05, 4.69) is 58.9 Å². The number of aliphatic hydroxyl groups excluding tert-OH is 1. The third kappa shape index (κ3) is 79.4. The molecule has 0 aliphatic carbocycles. The Balaban J connectivity index is 5.25. The quantitative estimate of drug-likeness (QED) is 0.0169. The summed E-state index contributed by atoms with van der Waals surface area (Å²) in [6.45, 7) is 7.31. The van der Waals surface area contributed by atoms with Gasteiger partial charge in [-0.25, -0.2) is 9.13 Å². The van der Waals surface area contributed by atoms with Crippen LogP contribution in [0.1, 0.15) is 439 Å². The van der Waals surface area contributed by atoms with Gasteiger partial charge >= 0.3 is 39.5 Å². The summed E-state index contributed by atoms with van der Waals surface area (Å²) >= 11 is 0. The van der Waals surface area contributed by atoms with Gasteiger partial charge in [0.2, 0.25) is 0 Å². The topological polar surface area (TPSA) is 237 Å². The third-order valence-electron chi connectivity index (χ3n) is 19.7. The van der Waals surface area contributed by atoms with Crippen molar-refractivity contribution in [2.45, 2.75) is 457 Å². The molecule has 0 radical (unpaired) electrons. The first kappa shape index (κ1) is 103. The van der Waals surface area contributed by atoms with Gasteiger partial charge in [0.15, 0.2) is 12.2 Å². The van der Waals surface area contributed by atoms with E-state index < -0.39 is 97.5 Å². The molecule has 0 spiro atoms. The fourth-order valence-corrected chi connectivity index (χ4v) is 14.5. The highest BCUT2D eigenvalue weighted by atomic mass is 31.2. The molecule has 0 saturated heterocycles. The van der Waals surface area contributed by atoms with Crippen molar-refractivity contribution >= 4 is 39.5 Å². The number of carbonyl (C=O) groups excluding carboxylic acids is 4. The molecule has 0 fully saturated rings. The molecule has 105 heavy (non-hydrogen) atoms. The summed E-state index contributed by atoms with van der Waals surface area (Å²) in [6.07, 6.45) is 74.4. The van der Waals surface area contributed by atoms with Gasteiger partial charge in [0, 0.05) is 25.7 Å². The van der Waals surface area contributed by atoms with Crippen molar-refractivity contribution in [1.82, 2.24) is 0 Å². The molecule has 0 heterocycles. The van der Waals surface area contributed by atoms with Crippen LogP contribution in [0.5, 0.6) is 0 Å². The zero-order chi connectivity index (χ0) is 76.9. The van der Waals surface area contributed by atoms with Gasteiger partial charge in [0.1, 0.15) is 19.3 Å². The van der Waals surface area contributed by atoms with Gasteiger partial charge in [0.05, 0.1) is 26.4 Å². The van der Waals surface area contributed by atoms with E-state index in [1.54, 1.807) is 0 Å². The maximum absolute atomic E-state index is 13.1. The monoisotopic (exact) mass is 1530 g/mol. The lowest BCUT2D eigenvalue weighted by atomic mass is 10.0. The molecule has 0 aromatic rings. The van der Waals surface area contributed by atoms with E-state index in [0.717, 1.165) is 109 Å². The SMILES string of the molecule is CCCCCC/C=C\C=C/CCCCCCCC(=O)O[C@H](COC(=O)CCCCCCCCCCCCC)COP(=O)(O)OC[C@H](O)COP(=O)(O)OC[C@@H](COC(=O)CCCCCCCCCCCCCCCCC(C)C)OC(=O)CCCCCCCCCCCCCCCCCCCCCCCC. The van der Waals surface area contributed by atoms with Crippen molar-refractivity contribution in [3.63, 3.8) is 0 Å². The largest absolute Gasteiger partial charge is 0.472 e. The number of carbonyl (C=O) groups is 4. The Hall–Kier alpha value is -2.46. The maximum Gasteiger partial charge on any atom is 0.472 e. The van der Waals surface area contributed by atoms with E-state index in [1.807, 2.05) is 0 Å². The second-order valence-electron chi connectivity index (χ2n) is 30.7. The molecule has 620 valence electrons. The molecule has 0 aromatic carbocycles. The van der Waals surface area contributed by atoms with E-state index in [9.17, 15) is 43.2 Å². The number of hydrogen-bond acceptors (Lipinski definition) is 15. The number of esters is 4. The molecule has 0 aliphatic heterocycles. The Labute approximate surface area is 643 Å². The van der Waals surface area contributed by atoms with Crippen LogP contribution in [0.25, 0.3) is 0 Å². The first-order valence-corrected chi connectivity index (χ1v) is 46.9. The lowest BCUT2D eigenvalue weighted by molar-refractivity contribution is -0.161. The fraction of sp³-hybridized carbons (Fsp3) is 0.907. The minimum absolute atomic E-state index is 0.0857. The van der Waals surface area contributed by atoms with E-state index in [1.165, 1.54) is 250 Å². The van der Waals surface area contributed by atoms with Crippen molar-refractivity contribution < 1.29 is 80.2 Å². The number of phosphoric acid groups is 2. The molecule has 2 unspecified atom stereocenters. The second kappa shape index (κ2) is 78.2. The lowest BCUT2D eigenvalue weighted by Gasteiger charge is -2.21. The number of phosphoric ester groups is 2. The summed E-state index contributed by atoms with van der Waals surface area (Å²) in [5.41, 5.74) is 0. The van der Waals surface area contributed by atoms with Crippen LogP contribution in [-0.2, 0) is 65.4 Å². The molecule has 0 amide bonds. The first-order chi connectivity index (χ1) is 51.0. The van der Waals surface area contributed by atoms with Gasteiger partial charge in [0.25, 0.3) is 0 Å². The maximum atomic E-state index is 13.1. The molecule has 19 heteroatoms. The average molecular weight is 1530 g/mol. The van der Waals surface area contributed by atoms with Gasteiger partial charge in [-0.15, -0.1) is 0 Å². The summed E-state index contributed by atoms with van der Waals surface area (Å²) in [4.78, 5) is 73.2. The zero-order valence-electron chi connectivity index (χ0n) is 68.4. The van der Waals surface area contributed by atoms with Crippen LogP contribution in [0.2, 0.25) is 0 Å². The summed E-state index contributed by atoms with van der Waals surface area (Å²) in [5.74, 6) is -1.33. The molecular weight excluding hydrogens is 1370 g/mol. The normalized spacial score (nSPS) is 13.9. The molecule has 0 bridgehead atoms. The Kier molecular flexibility index (Phi) is 76.4. The molecule has 0 aromatic heterocycles. The molecule has 0 rings (SSSR count). The number of allylic oxidation sites excluding steroid dienone is 4. The van der Waals surface area contributed by atoms with Crippen LogP contribution in [0.4, 0.5) is 0 Å². The van der Waals surface area contributed by atoms with Crippen LogP contribution in [0, 0.1) is 5.92 Å². The molecule has 17 nitrogen and oxygen atoms in total. The summed E-state index contributed by atoms with van der Waals surface area (Å²) in [5, 5.41) is 10.7. The van der Waals surface area contributed by atoms with Crippen LogP contribution in [0.3, 0.4) is 0 Å². The van der Waals surface area contributed by atoms with Gasteiger partial charge in [-0.05, 0) is 57.3 Å². The number of aliphatic hydroxyl groups is 1. The number of rotatable bonds is 84. The van der Waals surface area contributed by atoms with E-state index in [0.29, 0.717) is 25.7 Å². The summed E-state index contributed by atoms with van der Waals surface area (Å²) < 4.78 is 68.8. The Morgan fingerprint density at radius 3 is 0.781 bits per heavy atom. The summed E-state index contributed by atoms with van der Waals surface area (Å²) in [7, 11) is -9.94. The van der Waals surface area contributed by atoms with Crippen molar-refractivity contribution in [3.05, 3.63) is 24.3 Å². The van der Waals surface area contributed by atoms with E-state index >= 15 is 0 Å². The molecular formula is C86H164O17P2. The van der Waals surface area contributed by atoms with Crippen molar-refractivity contribution in [2.75, 3.05) is 39.6 Å². The predicted molar refractivity (Wildman–Crippen MR) is 432 cm³/mol. The first-order valence-electron chi connectivity index (χ1n) is 44.0. The molecule has 0 aliphatic rings. The predicted octanol–water partition coefficient (Wildman–Crippen LogP) is 25.9. The fourth-order valence-electron chi connectivity index (χ4n) is 12.9. The van der Waals surface area contributed by atoms with Crippen LogP contribution < -0.4 is 0 Å². The number of unbranched alkanes of at least 4 members (excludes halogenated alkanes) is 53. The third-order valence-corrected chi connectivity index (χ3v) is 21.6. The number of ether oxygens (including phenoxy) is 4. The van der Waals surface area contributed by atoms with Gasteiger partial charge in [-0.2, -0.15) is 0 Å². The number of hydrogen-bond donors (Lipinski definition) is 3. The summed E-state index contributed by atoms with van der Waals surface area (Å²) in [6, 6.07) is 0. The van der Waals surface area contributed by atoms with Crippen LogP contribution in [-0.4, -0.2) is 96.7 Å². The van der Waals surface area contributed by atoms with Crippen molar-refractivity contribution in [3.8, 4) is 0 Å². The van der Waals surface area contributed by atoms with E-state index in [-0.39, 0.29) is 25.7 Å². The van der Waals surface area contributed by atoms with Crippen LogP contribution in [0.15, 0.2) is 24.3 Å². The van der Waals surface area contributed by atoms with Gasteiger partial charge < -0.3 is 33.8 Å². The van der Waals surface area contributed by atoms with Crippen molar-refractivity contribution in [1.29, 1.82) is 0 Å². The Morgan fingerprint density at radius 1 is 0.295 bits per heavy atom. The zero-order valence-corrected chi connectivity index (χ0v) is 70.1. The Morgan fingerprint density at radius 2 is 0.514 bits per heavy atom. The molecule has 5 atom stereocenters. The van der Waals surface area contributed by atoms with Crippen molar-refractivity contribution in [2.24, 2.45) is 5.92 Å². The molecule has 0 saturated carbocycles. The average Bonchev–Trinajstić information content (AvgIpc) is 0.909. The highest BCUT2D eigenvalue weighted by Crippen LogP contribution is 2.45. The van der Waals surface area contributed by atoms with E-state index in [4.69, 9.17) is 37.0 Å². The van der Waals surface area contributed by atoms with Gasteiger partial charge in [-0.3, -0.25) is 37.3 Å². The Bertz CT molecular complexity index is 2090.